The third-order valence-electron chi connectivity index (χ3n) is 6.39. The molecule has 2 fully saturated rings. The molecule has 0 aromatic heterocycles. The molecule has 1 saturated carbocycles. The molecular formula is C24H40O3. The van der Waals surface area contributed by atoms with Gasteiger partial charge in [-0.25, -0.2) is 0 Å². The standard InChI is InChI=1S/C24H40O3/c1-2-3-4-5-6-7-8-9-10-11-12-13-14-15-17-20-18-16-19-21-22(20)24(26)27-23(21)25/h14-15,20-22H,2-13,16-19H2,1H3. The van der Waals surface area contributed by atoms with Crippen molar-refractivity contribution in [1.82, 2.24) is 0 Å². The van der Waals surface area contributed by atoms with Crippen LogP contribution >= 0.6 is 0 Å². The summed E-state index contributed by atoms with van der Waals surface area (Å²) in [5.74, 6) is -0.571. The second-order valence-corrected chi connectivity index (χ2v) is 8.59. The summed E-state index contributed by atoms with van der Waals surface area (Å²) >= 11 is 0. The number of esters is 2. The first-order valence-corrected chi connectivity index (χ1v) is 11.6. The summed E-state index contributed by atoms with van der Waals surface area (Å²) in [6, 6.07) is 0. The summed E-state index contributed by atoms with van der Waals surface area (Å²) < 4.78 is 4.86. The molecule has 3 unspecified atom stereocenters. The van der Waals surface area contributed by atoms with Crippen LogP contribution in [0.2, 0.25) is 0 Å². The Hall–Kier alpha value is -1.12. The van der Waals surface area contributed by atoms with E-state index in [1.807, 2.05) is 0 Å². The number of ether oxygens (including phenoxy) is 1. The molecule has 0 amide bonds. The summed E-state index contributed by atoms with van der Waals surface area (Å²) in [6.45, 7) is 2.27. The summed E-state index contributed by atoms with van der Waals surface area (Å²) in [5.41, 5.74) is 0. The first-order chi connectivity index (χ1) is 13.2. The number of hydrogen-bond donors (Lipinski definition) is 0. The van der Waals surface area contributed by atoms with E-state index in [2.05, 4.69) is 19.1 Å². The maximum absolute atomic E-state index is 11.9. The number of hydrogen-bond acceptors (Lipinski definition) is 3. The Balaban J connectivity index is 1.45. The molecule has 27 heavy (non-hydrogen) atoms. The van der Waals surface area contributed by atoms with Crippen LogP contribution in [0, 0.1) is 17.8 Å². The van der Waals surface area contributed by atoms with Gasteiger partial charge in [0.1, 0.15) is 0 Å². The lowest BCUT2D eigenvalue weighted by Gasteiger charge is -2.28. The number of rotatable bonds is 14. The molecule has 0 bridgehead atoms. The van der Waals surface area contributed by atoms with Gasteiger partial charge in [0, 0.05) is 0 Å². The molecule has 2 rings (SSSR count). The van der Waals surface area contributed by atoms with Gasteiger partial charge < -0.3 is 4.74 Å². The topological polar surface area (TPSA) is 43.4 Å². The molecule has 3 atom stereocenters. The monoisotopic (exact) mass is 376 g/mol. The zero-order chi connectivity index (χ0) is 19.3. The van der Waals surface area contributed by atoms with Crippen LogP contribution in [0.5, 0.6) is 0 Å². The normalized spacial score (nSPS) is 25.1. The highest BCUT2D eigenvalue weighted by atomic mass is 16.6. The summed E-state index contributed by atoms with van der Waals surface area (Å²) in [4.78, 5) is 23.6. The minimum atomic E-state index is -0.278. The number of allylic oxidation sites excluding steroid dienone is 2. The highest BCUT2D eigenvalue weighted by molar-refractivity contribution is 5.96. The number of fused-ring (bicyclic) bond motifs is 1. The van der Waals surface area contributed by atoms with Gasteiger partial charge in [0.25, 0.3) is 0 Å². The van der Waals surface area contributed by atoms with Crippen LogP contribution in [0.1, 0.15) is 110 Å². The van der Waals surface area contributed by atoms with Crippen LogP contribution in [0.15, 0.2) is 12.2 Å². The zero-order valence-corrected chi connectivity index (χ0v) is 17.4. The third kappa shape index (κ3) is 7.79. The molecule has 1 heterocycles. The Kier molecular flexibility index (Phi) is 10.8. The van der Waals surface area contributed by atoms with Crippen molar-refractivity contribution in [1.29, 1.82) is 0 Å². The summed E-state index contributed by atoms with van der Waals surface area (Å²) in [5, 5.41) is 0. The summed E-state index contributed by atoms with van der Waals surface area (Å²) in [6.07, 6.45) is 24.7. The van der Waals surface area contributed by atoms with Crippen molar-refractivity contribution in [2.75, 3.05) is 0 Å². The van der Waals surface area contributed by atoms with Crippen LogP contribution in [0.4, 0.5) is 0 Å². The van der Waals surface area contributed by atoms with Crippen molar-refractivity contribution in [3.8, 4) is 0 Å². The SMILES string of the molecule is CCCCCCCCCCCCCC=CCC1CCCC2C(=O)OC(=O)C12. The Morgan fingerprint density at radius 1 is 0.815 bits per heavy atom. The molecule has 0 spiro atoms. The highest BCUT2D eigenvalue weighted by Crippen LogP contribution is 2.42. The van der Waals surface area contributed by atoms with E-state index < -0.39 is 0 Å². The average Bonchev–Trinajstić information content (AvgIpc) is 2.97. The van der Waals surface area contributed by atoms with Gasteiger partial charge in [0.05, 0.1) is 11.8 Å². The predicted octanol–water partition coefficient (Wildman–Crippen LogP) is 6.75. The fourth-order valence-electron chi connectivity index (χ4n) is 4.73. The third-order valence-corrected chi connectivity index (χ3v) is 6.39. The number of carbonyl (C=O) groups is 2. The van der Waals surface area contributed by atoms with Gasteiger partial charge in [-0.3, -0.25) is 9.59 Å². The largest absolute Gasteiger partial charge is 0.393 e. The highest BCUT2D eigenvalue weighted by Gasteiger charge is 2.49. The zero-order valence-electron chi connectivity index (χ0n) is 17.4. The molecule has 0 radical (unpaired) electrons. The van der Waals surface area contributed by atoms with Crippen LogP contribution < -0.4 is 0 Å². The molecule has 0 N–H and O–H groups in total. The van der Waals surface area contributed by atoms with Crippen molar-refractivity contribution in [2.24, 2.45) is 17.8 Å². The molecule has 1 aliphatic heterocycles. The van der Waals surface area contributed by atoms with Gasteiger partial charge in [-0.1, -0.05) is 89.7 Å². The Bertz CT molecular complexity index is 468. The molecule has 3 heteroatoms. The van der Waals surface area contributed by atoms with Crippen LogP contribution in [-0.2, 0) is 14.3 Å². The van der Waals surface area contributed by atoms with Gasteiger partial charge >= 0.3 is 11.9 Å². The minimum Gasteiger partial charge on any atom is -0.393 e. The van der Waals surface area contributed by atoms with E-state index in [0.29, 0.717) is 5.92 Å². The number of carbonyl (C=O) groups excluding carboxylic acids is 2. The first kappa shape index (κ1) is 22.2. The minimum absolute atomic E-state index is 0.156. The van der Waals surface area contributed by atoms with Crippen molar-refractivity contribution in [3.63, 3.8) is 0 Å². The van der Waals surface area contributed by atoms with E-state index in [0.717, 1.165) is 32.1 Å². The lowest BCUT2D eigenvalue weighted by Crippen LogP contribution is -2.30. The number of unbranched alkanes of at least 4 members (excludes halogenated alkanes) is 11. The molecule has 1 aliphatic carbocycles. The van der Waals surface area contributed by atoms with E-state index >= 15 is 0 Å². The smallest absolute Gasteiger partial charge is 0.317 e. The van der Waals surface area contributed by atoms with E-state index in [9.17, 15) is 9.59 Å². The van der Waals surface area contributed by atoms with Gasteiger partial charge in [-0.2, -0.15) is 0 Å². The summed E-state index contributed by atoms with van der Waals surface area (Å²) in [7, 11) is 0. The lowest BCUT2D eigenvalue weighted by atomic mass is 9.72. The fraction of sp³-hybridized carbons (Fsp3) is 0.833. The fourth-order valence-corrected chi connectivity index (χ4v) is 4.73. The Morgan fingerprint density at radius 2 is 1.44 bits per heavy atom. The quantitative estimate of drug-likeness (QED) is 0.146. The lowest BCUT2D eigenvalue weighted by molar-refractivity contribution is -0.154. The predicted molar refractivity (Wildman–Crippen MR) is 110 cm³/mol. The van der Waals surface area contributed by atoms with Gasteiger partial charge in [0.2, 0.25) is 0 Å². The maximum Gasteiger partial charge on any atom is 0.317 e. The van der Waals surface area contributed by atoms with Crippen LogP contribution in [-0.4, -0.2) is 11.9 Å². The van der Waals surface area contributed by atoms with Crippen molar-refractivity contribution in [2.45, 2.75) is 110 Å². The van der Waals surface area contributed by atoms with E-state index in [-0.39, 0.29) is 23.8 Å². The van der Waals surface area contributed by atoms with Crippen molar-refractivity contribution >= 4 is 11.9 Å². The first-order valence-electron chi connectivity index (χ1n) is 11.6. The Morgan fingerprint density at radius 3 is 2.11 bits per heavy atom. The molecule has 0 aromatic rings. The second-order valence-electron chi connectivity index (χ2n) is 8.59. The van der Waals surface area contributed by atoms with Crippen molar-refractivity contribution in [3.05, 3.63) is 12.2 Å². The number of cyclic esters (lactones) is 2. The van der Waals surface area contributed by atoms with E-state index in [1.165, 1.54) is 70.6 Å². The molecule has 154 valence electrons. The van der Waals surface area contributed by atoms with Gasteiger partial charge in [0.15, 0.2) is 0 Å². The van der Waals surface area contributed by atoms with E-state index in [1.54, 1.807) is 0 Å². The Labute approximate surface area is 166 Å². The molecule has 2 aliphatic rings. The molecule has 3 nitrogen and oxygen atoms in total. The van der Waals surface area contributed by atoms with Gasteiger partial charge in [-0.15, -0.1) is 0 Å². The maximum atomic E-state index is 11.9. The molecule has 1 saturated heterocycles. The average molecular weight is 377 g/mol. The second kappa shape index (κ2) is 13.1. The van der Waals surface area contributed by atoms with Crippen LogP contribution in [0.3, 0.4) is 0 Å². The van der Waals surface area contributed by atoms with Crippen molar-refractivity contribution < 1.29 is 14.3 Å². The van der Waals surface area contributed by atoms with Gasteiger partial charge in [-0.05, 0) is 38.0 Å². The molecular weight excluding hydrogens is 336 g/mol. The van der Waals surface area contributed by atoms with Crippen LogP contribution in [0.25, 0.3) is 0 Å². The van der Waals surface area contributed by atoms with E-state index in [4.69, 9.17) is 4.74 Å². The molecule has 0 aromatic carbocycles.